The molecule has 94 valence electrons. The van der Waals surface area contributed by atoms with Gasteiger partial charge in [0, 0.05) is 5.56 Å². The fourth-order valence-electron chi connectivity index (χ4n) is 1.18. The first-order valence-electron chi connectivity index (χ1n) is 4.74. The summed E-state index contributed by atoms with van der Waals surface area (Å²) in [6, 6.07) is 1.59. The molecule has 1 aliphatic heterocycles. The molecule has 1 aliphatic rings. The number of benzene rings is 1. The van der Waals surface area contributed by atoms with Crippen molar-refractivity contribution in [3.63, 3.8) is 0 Å². The van der Waals surface area contributed by atoms with Gasteiger partial charge in [-0.2, -0.15) is 5.10 Å². The monoisotopic (exact) mass is 273 g/mol. The van der Waals surface area contributed by atoms with Gasteiger partial charge in [0.15, 0.2) is 22.6 Å². The van der Waals surface area contributed by atoms with Crippen molar-refractivity contribution in [1.82, 2.24) is 5.32 Å². The number of amides is 1. The Balaban J connectivity index is 2.12. The van der Waals surface area contributed by atoms with E-state index >= 15 is 0 Å². The first-order chi connectivity index (χ1) is 8.56. The second kappa shape index (κ2) is 5.21. The number of amidine groups is 1. The van der Waals surface area contributed by atoms with Crippen LogP contribution in [0.15, 0.2) is 22.3 Å². The second-order valence-corrected chi connectivity index (χ2v) is 4.25. The van der Waals surface area contributed by atoms with Gasteiger partial charge in [-0.05, 0) is 12.1 Å². The first kappa shape index (κ1) is 12.6. The minimum Gasteiger partial charge on any atom is -0.303 e. The number of nitrogens with one attached hydrogen (secondary N) is 1. The van der Waals surface area contributed by atoms with Crippen molar-refractivity contribution in [3.8, 4) is 0 Å². The van der Waals surface area contributed by atoms with Gasteiger partial charge in [-0.3, -0.25) is 4.79 Å². The van der Waals surface area contributed by atoms with Crippen LogP contribution >= 0.6 is 11.8 Å². The van der Waals surface area contributed by atoms with Gasteiger partial charge in [-0.25, -0.2) is 13.2 Å². The smallest absolute Gasteiger partial charge is 0.236 e. The second-order valence-electron chi connectivity index (χ2n) is 3.29. The molecule has 1 N–H and O–H groups in total. The van der Waals surface area contributed by atoms with E-state index in [2.05, 4.69) is 15.5 Å². The molecule has 0 bridgehead atoms. The zero-order valence-electron chi connectivity index (χ0n) is 8.78. The summed E-state index contributed by atoms with van der Waals surface area (Å²) >= 11 is 1.16. The van der Waals surface area contributed by atoms with Crippen LogP contribution in [0.3, 0.4) is 0 Å². The lowest BCUT2D eigenvalue weighted by Gasteiger charge is -1.96. The molecule has 4 nitrogen and oxygen atoms in total. The van der Waals surface area contributed by atoms with Crippen molar-refractivity contribution in [2.24, 2.45) is 10.2 Å². The number of thioether (sulfide) groups is 1. The van der Waals surface area contributed by atoms with Crippen molar-refractivity contribution in [1.29, 1.82) is 0 Å². The summed E-state index contributed by atoms with van der Waals surface area (Å²) in [6.45, 7) is 0. The van der Waals surface area contributed by atoms with E-state index in [4.69, 9.17) is 0 Å². The van der Waals surface area contributed by atoms with Gasteiger partial charge in [0.1, 0.15) is 0 Å². The molecular weight excluding hydrogens is 267 g/mol. The van der Waals surface area contributed by atoms with Crippen molar-refractivity contribution in [2.45, 2.75) is 0 Å². The zero-order chi connectivity index (χ0) is 13.1. The van der Waals surface area contributed by atoms with Gasteiger partial charge in [0.05, 0.1) is 12.0 Å². The molecule has 0 aliphatic carbocycles. The van der Waals surface area contributed by atoms with Crippen LogP contribution in [-0.4, -0.2) is 23.0 Å². The number of hydrogen-bond acceptors (Lipinski definition) is 4. The highest BCUT2D eigenvalue weighted by Crippen LogP contribution is 2.12. The Labute approximate surface area is 104 Å². The fraction of sp³-hybridized carbons (Fsp3) is 0.100. The molecule has 1 saturated heterocycles. The summed E-state index contributed by atoms with van der Waals surface area (Å²) in [7, 11) is 0. The van der Waals surface area contributed by atoms with Crippen LogP contribution in [0.2, 0.25) is 0 Å². The third-order valence-electron chi connectivity index (χ3n) is 1.95. The van der Waals surface area contributed by atoms with Crippen LogP contribution in [0.5, 0.6) is 0 Å². The van der Waals surface area contributed by atoms with Crippen LogP contribution in [0.1, 0.15) is 5.56 Å². The zero-order valence-corrected chi connectivity index (χ0v) is 9.60. The van der Waals surface area contributed by atoms with E-state index in [0.29, 0.717) is 5.17 Å². The van der Waals surface area contributed by atoms with Crippen LogP contribution < -0.4 is 5.32 Å². The Kier molecular flexibility index (Phi) is 3.66. The molecule has 0 atom stereocenters. The molecular formula is C10H6F3N3OS. The lowest BCUT2D eigenvalue weighted by molar-refractivity contribution is -0.116. The average molecular weight is 273 g/mol. The molecule has 1 amide bonds. The predicted octanol–water partition coefficient (Wildman–Crippen LogP) is 1.66. The van der Waals surface area contributed by atoms with E-state index in [-0.39, 0.29) is 17.2 Å². The molecule has 0 aromatic heterocycles. The molecule has 0 radical (unpaired) electrons. The largest absolute Gasteiger partial charge is 0.303 e. The molecule has 1 aromatic carbocycles. The molecule has 0 saturated carbocycles. The highest BCUT2D eigenvalue weighted by Gasteiger charge is 2.16. The normalized spacial score (nSPS) is 17.7. The minimum absolute atomic E-state index is 0.0325. The van der Waals surface area contributed by atoms with Crippen LogP contribution in [0.25, 0.3) is 0 Å². The van der Waals surface area contributed by atoms with Gasteiger partial charge < -0.3 is 5.32 Å². The van der Waals surface area contributed by atoms with Crippen LogP contribution in [0, 0.1) is 17.5 Å². The minimum atomic E-state index is -1.53. The van der Waals surface area contributed by atoms with E-state index in [9.17, 15) is 18.0 Å². The molecule has 18 heavy (non-hydrogen) atoms. The van der Waals surface area contributed by atoms with Crippen molar-refractivity contribution >= 4 is 29.1 Å². The van der Waals surface area contributed by atoms with Crippen molar-refractivity contribution in [3.05, 3.63) is 35.1 Å². The third kappa shape index (κ3) is 2.89. The molecule has 2 rings (SSSR count). The molecule has 8 heteroatoms. The van der Waals surface area contributed by atoms with Gasteiger partial charge in [0.25, 0.3) is 0 Å². The fourth-order valence-corrected chi connectivity index (χ4v) is 1.81. The summed E-state index contributed by atoms with van der Waals surface area (Å²) in [5.74, 6) is -4.06. The number of carbonyl (C=O) groups is 1. The van der Waals surface area contributed by atoms with E-state index < -0.39 is 17.5 Å². The number of rotatable bonds is 2. The summed E-state index contributed by atoms with van der Waals surface area (Å²) < 4.78 is 38.3. The molecule has 1 heterocycles. The van der Waals surface area contributed by atoms with Gasteiger partial charge in [-0.1, -0.05) is 11.8 Å². The number of carbonyl (C=O) groups excluding carboxylic acids is 1. The average Bonchev–Trinajstić information content (AvgIpc) is 2.72. The topological polar surface area (TPSA) is 53.8 Å². The molecule has 0 unspecified atom stereocenters. The maximum absolute atomic E-state index is 12.8. The third-order valence-corrected chi connectivity index (χ3v) is 2.81. The van der Waals surface area contributed by atoms with E-state index in [0.717, 1.165) is 30.1 Å². The summed E-state index contributed by atoms with van der Waals surface area (Å²) in [4.78, 5) is 10.8. The Bertz CT molecular complexity index is 536. The lowest BCUT2D eigenvalue weighted by atomic mass is 10.2. The summed E-state index contributed by atoms with van der Waals surface area (Å²) in [5.41, 5.74) is 0.0325. The molecule has 1 fully saturated rings. The maximum atomic E-state index is 12.8. The Morgan fingerprint density at radius 2 is 1.94 bits per heavy atom. The molecule has 0 spiro atoms. The first-order valence-corrected chi connectivity index (χ1v) is 5.73. The Morgan fingerprint density at radius 1 is 1.28 bits per heavy atom. The van der Waals surface area contributed by atoms with Crippen LogP contribution in [0.4, 0.5) is 13.2 Å². The Hall–Kier alpha value is -1.83. The standard InChI is InChI=1S/C10H6F3N3OS/c11-6-1-5(2-7(12)9(6)13)3-14-16-10-15-8(17)4-18-10/h1-3H,4H2,(H,15,16,17). The van der Waals surface area contributed by atoms with E-state index in [1.165, 1.54) is 0 Å². The predicted molar refractivity (Wildman–Crippen MR) is 61.9 cm³/mol. The molecule has 1 aromatic rings. The van der Waals surface area contributed by atoms with E-state index in [1.54, 1.807) is 0 Å². The van der Waals surface area contributed by atoms with Crippen molar-refractivity contribution < 1.29 is 18.0 Å². The number of halogens is 3. The van der Waals surface area contributed by atoms with Crippen LogP contribution in [-0.2, 0) is 4.79 Å². The lowest BCUT2D eigenvalue weighted by Crippen LogP contribution is -2.19. The maximum Gasteiger partial charge on any atom is 0.236 e. The van der Waals surface area contributed by atoms with Gasteiger partial charge >= 0.3 is 0 Å². The number of hydrogen-bond donors (Lipinski definition) is 1. The highest BCUT2D eigenvalue weighted by atomic mass is 32.2. The summed E-state index contributed by atoms with van der Waals surface area (Å²) in [6.07, 6.45) is 1.06. The SMILES string of the molecule is O=C1CSC(=NN=Cc2cc(F)c(F)c(F)c2)N1. The Morgan fingerprint density at radius 3 is 2.50 bits per heavy atom. The highest BCUT2D eigenvalue weighted by molar-refractivity contribution is 8.15. The summed E-state index contributed by atoms with van der Waals surface area (Å²) in [5, 5.41) is 9.90. The van der Waals surface area contributed by atoms with Crippen molar-refractivity contribution in [2.75, 3.05) is 5.75 Å². The van der Waals surface area contributed by atoms with Gasteiger partial charge in [0.2, 0.25) is 5.91 Å². The number of nitrogens with zero attached hydrogens (tertiary/aromatic N) is 2. The van der Waals surface area contributed by atoms with Gasteiger partial charge in [-0.15, -0.1) is 5.10 Å². The van der Waals surface area contributed by atoms with E-state index in [1.807, 2.05) is 0 Å². The quantitative estimate of drug-likeness (QED) is 0.506.